The van der Waals surface area contributed by atoms with Crippen LogP contribution in [0.5, 0.6) is 0 Å². The molecule has 1 N–H and O–H groups in total. The molecule has 0 unspecified atom stereocenters. The van der Waals surface area contributed by atoms with E-state index in [-0.39, 0.29) is 6.61 Å². The maximum Gasteiger partial charge on any atom is 0.0615 e. The molecule has 0 aromatic heterocycles. The summed E-state index contributed by atoms with van der Waals surface area (Å²) in [6, 6.07) is 12.5. The minimum absolute atomic E-state index is 0.0860. The van der Waals surface area contributed by atoms with Gasteiger partial charge in [0.05, 0.1) is 6.61 Å². The van der Waals surface area contributed by atoms with Crippen molar-refractivity contribution >= 4 is 16.8 Å². The zero-order valence-corrected chi connectivity index (χ0v) is 8.77. The number of aryl methyl sites for hydroxylation is 1. The van der Waals surface area contributed by atoms with Crippen LogP contribution in [0.3, 0.4) is 0 Å². The Morgan fingerprint density at radius 3 is 2.73 bits per heavy atom. The number of benzene rings is 2. The van der Waals surface area contributed by atoms with E-state index in [1.807, 2.05) is 18.2 Å². The van der Waals surface area contributed by atoms with Crippen LogP contribution in [0.4, 0.5) is 0 Å². The van der Waals surface area contributed by atoms with Gasteiger partial charge in [-0.2, -0.15) is 0 Å². The van der Waals surface area contributed by atoms with Gasteiger partial charge in [-0.25, -0.2) is 0 Å². The Bertz CT molecular complexity index is 498. The van der Waals surface area contributed by atoms with Gasteiger partial charge in [0.25, 0.3) is 0 Å². The number of fused-ring (bicyclic) bond motifs is 1. The first-order valence-corrected chi connectivity index (χ1v) is 5.08. The minimum Gasteiger partial charge on any atom is -0.392 e. The van der Waals surface area contributed by atoms with Crippen LogP contribution in [-0.2, 0) is 0 Å². The van der Waals surface area contributed by atoms with Crippen molar-refractivity contribution in [1.82, 2.24) is 0 Å². The molecule has 0 fully saturated rings. The van der Waals surface area contributed by atoms with E-state index in [0.29, 0.717) is 0 Å². The lowest BCUT2D eigenvalue weighted by Gasteiger charge is -2.05. The lowest BCUT2D eigenvalue weighted by molar-refractivity contribution is 0.343. The highest BCUT2D eigenvalue weighted by molar-refractivity contribution is 5.91. The molecule has 2 aromatic carbocycles. The van der Waals surface area contributed by atoms with E-state index in [1.54, 1.807) is 6.08 Å². The Kier molecular flexibility index (Phi) is 2.84. The monoisotopic (exact) mass is 198 g/mol. The van der Waals surface area contributed by atoms with Crippen LogP contribution in [0.15, 0.2) is 42.5 Å². The molecule has 0 aliphatic rings. The van der Waals surface area contributed by atoms with Crippen LogP contribution in [0.25, 0.3) is 16.8 Å². The lowest BCUT2D eigenvalue weighted by atomic mass is 9.99. The van der Waals surface area contributed by atoms with Crippen molar-refractivity contribution < 1.29 is 5.11 Å². The largest absolute Gasteiger partial charge is 0.392 e. The van der Waals surface area contributed by atoms with Gasteiger partial charge in [0.15, 0.2) is 0 Å². The highest BCUT2D eigenvalue weighted by Gasteiger charge is 2.00. The number of aliphatic hydroxyl groups excluding tert-OH is 1. The number of rotatable bonds is 2. The molecule has 0 heterocycles. The highest BCUT2D eigenvalue weighted by atomic mass is 16.2. The van der Waals surface area contributed by atoms with Gasteiger partial charge in [0.1, 0.15) is 0 Å². The topological polar surface area (TPSA) is 20.2 Å². The van der Waals surface area contributed by atoms with E-state index >= 15 is 0 Å². The fourth-order valence-corrected chi connectivity index (χ4v) is 1.80. The van der Waals surface area contributed by atoms with E-state index in [1.165, 1.54) is 21.9 Å². The first-order chi connectivity index (χ1) is 7.33. The Hall–Kier alpha value is -1.60. The number of aliphatic hydroxyl groups is 1. The zero-order chi connectivity index (χ0) is 10.7. The first kappa shape index (κ1) is 9.94. The predicted octanol–water partition coefficient (Wildman–Crippen LogP) is 3.15. The van der Waals surface area contributed by atoms with Gasteiger partial charge in [-0.3, -0.25) is 0 Å². The van der Waals surface area contributed by atoms with E-state index in [4.69, 9.17) is 5.11 Å². The van der Waals surface area contributed by atoms with Crippen LogP contribution in [0.2, 0.25) is 0 Å². The maximum absolute atomic E-state index is 8.80. The molecule has 0 bridgehead atoms. The van der Waals surface area contributed by atoms with Crippen molar-refractivity contribution in [2.75, 3.05) is 6.61 Å². The van der Waals surface area contributed by atoms with Crippen molar-refractivity contribution in [3.63, 3.8) is 0 Å². The normalized spacial score (nSPS) is 11.3. The fourth-order valence-electron chi connectivity index (χ4n) is 1.80. The van der Waals surface area contributed by atoms with Gasteiger partial charge in [-0.05, 0) is 28.8 Å². The summed E-state index contributed by atoms with van der Waals surface area (Å²) in [6.07, 6.45) is 3.76. The van der Waals surface area contributed by atoms with Crippen LogP contribution < -0.4 is 0 Å². The third-order valence-electron chi connectivity index (χ3n) is 2.58. The van der Waals surface area contributed by atoms with Gasteiger partial charge >= 0.3 is 0 Å². The van der Waals surface area contributed by atoms with E-state index < -0.39 is 0 Å². The molecule has 0 saturated carbocycles. The van der Waals surface area contributed by atoms with Gasteiger partial charge < -0.3 is 5.11 Å². The molecule has 0 aliphatic heterocycles. The summed E-state index contributed by atoms with van der Waals surface area (Å²) in [5.41, 5.74) is 2.43. The second-order valence-corrected chi connectivity index (χ2v) is 3.60. The number of hydrogen-bond donors (Lipinski definition) is 1. The molecule has 76 valence electrons. The Morgan fingerprint density at radius 2 is 1.93 bits per heavy atom. The molecule has 2 aromatic rings. The molecule has 2 rings (SSSR count). The Balaban J connectivity index is 2.68. The van der Waals surface area contributed by atoms with Crippen LogP contribution in [-0.4, -0.2) is 11.7 Å². The molecule has 15 heavy (non-hydrogen) atoms. The van der Waals surface area contributed by atoms with Gasteiger partial charge in [-0.15, -0.1) is 0 Å². The van der Waals surface area contributed by atoms with Crippen molar-refractivity contribution in [2.45, 2.75) is 6.92 Å². The van der Waals surface area contributed by atoms with Crippen LogP contribution >= 0.6 is 0 Å². The second-order valence-electron chi connectivity index (χ2n) is 3.60. The summed E-state index contributed by atoms with van der Waals surface area (Å²) in [5.74, 6) is 0. The molecule has 1 heteroatoms. The summed E-state index contributed by atoms with van der Waals surface area (Å²) in [5, 5.41) is 11.3. The molecule has 0 aliphatic carbocycles. The Morgan fingerprint density at radius 1 is 1.13 bits per heavy atom. The van der Waals surface area contributed by atoms with E-state index in [0.717, 1.165) is 0 Å². The van der Waals surface area contributed by atoms with Crippen molar-refractivity contribution in [3.8, 4) is 0 Å². The summed E-state index contributed by atoms with van der Waals surface area (Å²) in [4.78, 5) is 0. The SMILES string of the molecule is Cc1ccc2ccccc2c1C=CCO. The average Bonchev–Trinajstić information content (AvgIpc) is 2.28. The predicted molar refractivity (Wildman–Crippen MR) is 64.8 cm³/mol. The summed E-state index contributed by atoms with van der Waals surface area (Å²) < 4.78 is 0. The van der Waals surface area contributed by atoms with Crippen molar-refractivity contribution in [2.24, 2.45) is 0 Å². The van der Waals surface area contributed by atoms with Crippen molar-refractivity contribution in [3.05, 3.63) is 53.6 Å². The third kappa shape index (κ3) is 1.92. The van der Waals surface area contributed by atoms with E-state index in [9.17, 15) is 0 Å². The quantitative estimate of drug-likeness (QED) is 0.786. The third-order valence-corrected chi connectivity index (χ3v) is 2.58. The van der Waals surface area contributed by atoms with Crippen molar-refractivity contribution in [1.29, 1.82) is 0 Å². The lowest BCUT2D eigenvalue weighted by Crippen LogP contribution is -1.84. The summed E-state index contributed by atoms with van der Waals surface area (Å²) in [6.45, 7) is 2.17. The molecule has 0 spiro atoms. The molecular weight excluding hydrogens is 184 g/mol. The fraction of sp³-hybridized carbons (Fsp3) is 0.143. The molecule has 1 nitrogen and oxygen atoms in total. The molecule has 0 radical (unpaired) electrons. The number of hydrogen-bond acceptors (Lipinski definition) is 1. The zero-order valence-electron chi connectivity index (χ0n) is 8.77. The second kappa shape index (κ2) is 4.28. The first-order valence-electron chi connectivity index (χ1n) is 5.08. The molecule has 0 amide bonds. The molecular formula is C14H14O. The summed E-state index contributed by atoms with van der Waals surface area (Å²) >= 11 is 0. The average molecular weight is 198 g/mol. The highest BCUT2D eigenvalue weighted by Crippen LogP contribution is 2.23. The Labute approximate surface area is 89.7 Å². The van der Waals surface area contributed by atoms with Crippen LogP contribution in [0.1, 0.15) is 11.1 Å². The van der Waals surface area contributed by atoms with Crippen LogP contribution in [0, 0.1) is 6.92 Å². The smallest absolute Gasteiger partial charge is 0.0615 e. The van der Waals surface area contributed by atoms with Gasteiger partial charge in [0.2, 0.25) is 0 Å². The maximum atomic E-state index is 8.80. The minimum atomic E-state index is 0.0860. The van der Waals surface area contributed by atoms with E-state index in [2.05, 4.69) is 31.2 Å². The standard InChI is InChI=1S/C14H14O/c1-11-8-9-12-5-2-3-6-14(12)13(11)7-4-10-15/h2-9,15H,10H2,1H3. The molecule has 0 saturated heterocycles. The van der Waals surface area contributed by atoms with Gasteiger partial charge in [-0.1, -0.05) is 48.6 Å². The van der Waals surface area contributed by atoms with Gasteiger partial charge in [0, 0.05) is 0 Å². The summed E-state index contributed by atoms with van der Waals surface area (Å²) in [7, 11) is 0. The molecule has 0 atom stereocenters.